The summed E-state index contributed by atoms with van der Waals surface area (Å²) in [6.07, 6.45) is 3.00. The van der Waals surface area contributed by atoms with Crippen LogP contribution in [0.5, 0.6) is 0 Å². The zero-order valence-corrected chi connectivity index (χ0v) is 8.61. The van der Waals surface area contributed by atoms with Gasteiger partial charge in [0.15, 0.2) is 0 Å². The Balaban J connectivity index is 2.44. The average Bonchev–Trinajstić information content (AvgIpc) is 2.26. The standard InChI is InChI=1S/C10H16N2O3/c1-2-5-11-10(15)12-6-3-4-8(7-12)9(13)14/h2,8H,1,3-7H2,(H,11,15)(H,13,14)/t8-/m0/s1. The third-order valence-corrected chi connectivity index (χ3v) is 2.46. The van der Waals surface area contributed by atoms with Crippen molar-refractivity contribution in [2.45, 2.75) is 12.8 Å². The summed E-state index contributed by atoms with van der Waals surface area (Å²) in [5.74, 6) is -1.25. The summed E-state index contributed by atoms with van der Waals surface area (Å²) >= 11 is 0. The fourth-order valence-corrected chi connectivity index (χ4v) is 1.63. The van der Waals surface area contributed by atoms with Gasteiger partial charge in [0.05, 0.1) is 5.92 Å². The summed E-state index contributed by atoms with van der Waals surface area (Å²) in [6, 6.07) is -0.208. The zero-order valence-electron chi connectivity index (χ0n) is 8.61. The minimum atomic E-state index is -0.823. The van der Waals surface area contributed by atoms with Crippen LogP contribution < -0.4 is 5.32 Å². The van der Waals surface area contributed by atoms with Gasteiger partial charge in [-0.05, 0) is 12.8 Å². The van der Waals surface area contributed by atoms with Crippen molar-refractivity contribution in [1.82, 2.24) is 10.2 Å². The number of carbonyl (C=O) groups is 2. The molecule has 0 aromatic heterocycles. The largest absolute Gasteiger partial charge is 0.481 e. The molecule has 1 rings (SSSR count). The van der Waals surface area contributed by atoms with Gasteiger partial charge in [0.1, 0.15) is 0 Å². The van der Waals surface area contributed by atoms with Crippen LogP contribution in [0.2, 0.25) is 0 Å². The maximum absolute atomic E-state index is 11.5. The van der Waals surface area contributed by atoms with Gasteiger partial charge in [0, 0.05) is 19.6 Å². The van der Waals surface area contributed by atoms with E-state index >= 15 is 0 Å². The Bertz CT molecular complexity index is 265. The molecule has 15 heavy (non-hydrogen) atoms. The van der Waals surface area contributed by atoms with E-state index < -0.39 is 11.9 Å². The van der Waals surface area contributed by atoms with Crippen LogP contribution in [0.4, 0.5) is 4.79 Å². The molecule has 2 N–H and O–H groups in total. The molecular formula is C10H16N2O3. The summed E-state index contributed by atoms with van der Waals surface area (Å²) in [5.41, 5.74) is 0. The van der Waals surface area contributed by atoms with E-state index in [-0.39, 0.29) is 6.03 Å². The van der Waals surface area contributed by atoms with Crippen LogP contribution in [0.1, 0.15) is 12.8 Å². The third-order valence-electron chi connectivity index (χ3n) is 2.46. The Morgan fingerprint density at radius 2 is 2.33 bits per heavy atom. The van der Waals surface area contributed by atoms with E-state index in [9.17, 15) is 9.59 Å². The number of aliphatic carboxylic acids is 1. The molecule has 0 unspecified atom stereocenters. The van der Waals surface area contributed by atoms with Crippen LogP contribution in [0.3, 0.4) is 0 Å². The second kappa shape index (κ2) is 5.38. The van der Waals surface area contributed by atoms with Gasteiger partial charge in [-0.1, -0.05) is 6.08 Å². The van der Waals surface area contributed by atoms with E-state index in [1.165, 1.54) is 0 Å². The van der Waals surface area contributed by atoms with E-state index in [2.05, 4.69) is 11.9 Å². The number of urea groups is 1. The first-order valence-corrected chi connectivity index (χ1v) is 5.01. The molecule has 0 radical (unpaired) electrons. The Labute approximate surface area is 88.8 Å². The third kappa shape index (κ3) is 3.27. The van der Waals surface area contributed by atoms with Crippen molar-refractivity contribution < 1.29 is 14.7 Å². The second-order valence-corrected chi connectivity index (χ2v) is 3.60. The monoisotopic (exact) mass is 212 g/mol. The number of hydrogen-bond donors (Lipinski definition) is 2. The summed E-state index contributed by atoms with van der Waals surface area (Å²) < 4.78 is 0. The fourth-order valence-electron chi connectivity index (χ4n) is 1.63. The van der Waals surface area contributed by atoms with Crippen LogP contribution >= 0.6 is 0 Å². The van der Waals surface area contributed by atoms with Crippen LogP contribution in [0.15, 0.2) is 12.7 Å². The number of likely N-dealkylation sites (tertiary alicyclic amines) is 1. The van der Waals surface area contributed by atoms with Crippen molar-refractivity contribution in [2.24, 2.45) is 5.92 Å². The summed E-state index contributed by atoms with van der Waals surface area (Å²) in [7, 11) is 0. The topological polar surface area (TPSA) is 69.6 Å². The van der Waals surface area contributed by atoms with Gasteiger partial charge in [-0.15, -0.1) is 6.58 Å². The van der Waals surface area contributed by atoms with E-state index in [1.807, 2.05) is 0 Å². The molecule has 1 atom stereocenters. The number of hydrogen-bond acceptors (Lipinski definition) is 2. The Morgan fingerprint density at radius 3 is 2.93 bits per heavy atom. The molecule has 5 heteroatoms. The number of amides is 2. The Morgan fingerprint density at radius 1 is 1.60 bits per heavy atom. The van der Waals surface area contributed by atoms with E-state index in [0.29, 0.717) is 26.1 Å². The maximum Gasteiger partial charge on any atom is 0.317 e. The van der Waals surface area contributed by atoms with Gasteiger partial charge in [0.25, 0.3) is 0 Å². The van der Waals surface area contributed by atoms with Crippen molar-refractivity contribution in [2.75, 3.05) is 19.6 Å². The molecule has 5 nitrogen and oxygen atoms in total. The molecule has 0 aromatic carbocycles. The molecule has 1 fully saturated rings. The number of carboxylic acids is 1. The van der Waals surface area contributed by atoms with Crippen LogP contribution in [0, 0.1) is 5.92 Å². The molecule has 0 aliphatic carbocycles. The first-order chi connectivity index (χ1) is 7.15. The minimum Gasteiger partial charge on any atom is -0.481 e. The number of nitrogens with one attached hydrogen (secondary N) is 1. The van der Waals surface area contributed by atoms with Gasteiger partial charge in [-0.3, -0.25) is 4.79 Å². The lowest BCUT2D eigenvalue weighted by Gasteiger charge is -2.30. The van der Waals surface area contributed by atoms with Crippen molar-refractivity contribution in [3.63, 3.8) is 0 Å². The molecular weight excluding hydrogens is 196 g/mol. The van der Waals surface area contributed by atoms with Gasteiger partial charge >= 0.3 is 12.0 Å². The van der Waals surface area contributed by atoms with Crippen molar-refractivity contribution in [1.29, 1.82) is 0 Å². The lowest BCUT2D eigenvalue weighted by Crippen LogP contribution is -2.47. The minimum absolute atomic E-state index is 0.208. The van der Waals surface area contributed by atoms with Crippen molar-refractivity contribution >= 4 is 12.0 Å². The predicted octanol–water partition coefficient (Wildman–Crippen LogP) is 0.679. The van der Waals surface area contributed by atoms with E-state index in [1.54, 1.807) is 11.0 Å². The van der Waals surface area contributed by atoms with Gasteiger partial charge in [0.2, 0.25) is 0 Å². The van der Waals surface area contributed by atoms with E-state index in [4.69, 9.17) is 5.11 Å². The lowest BCUT2D eigenvalue weighted by molar-refractivity contribution is -0.143. The molecule has 0 bridgehead atoms. The highest BCUT2D eigenvalue weighted by Crippen LogP contribution is 2.16. The van der Waals surface area contributed by atoms with Crippen molar-refractivity contribution in [3.05, 3.63) is 12.7 Å². The molecule has 1 aliphatic rings. The second-order valence-electron chi connectivity index (χ2n) is 3.60. The Kier molecular flexibility index (Phi) is 4.15. The van der Waals surface area contributed by atoms with Gasteiger partial charge in [-0.25, -0.2) is 4.79 Å². The molecule has 1 aliphatic heterocycles. The highest BCUT2D eigenvalue weighted by Gasteiger charge is 2.27. The normalized spacial score (nSPS) is 20.8. The quantitative estimate of drug-likeness (QED) is 0.676. The summed E-state index contributed by atoms with van der Waals surface area (Å²) in [6.45, 7) is 4.84. The van der Waals surface area contributed by atoms with Crippen LogP contribution in [0.25, 0.3) is 0 Å². The van der Waals surface area contributed by atoms with Crippen LogP contribution in [-0.4, -0.2) is 41.6 Å². The highest BCUT2D eigenvalue weighted by atomic mass is 16.4. The summed E-state index contributed by atoms with van der Waals surface area (Å²) in [5, 5.41) is 11.5. The maximum atomic E-state index is 11.5. The first-order valence-electron chi connectivity index (χ1n) is 5.01. The predicted molar refractivity (Wildman–Crippen MR) is 55.5 cm³/mol. The van der Waals surface area contributed by atoms with Gasteiger partial charge < -0.3 is 15.3 Å². The molecule has 1 heterocycles. The molecule has 0 aromatic rings. The summed E-state index contributed by atoms with van der Waals surface area (Å²) in [4.78, 5) is 23.8. The van der Waals surface area contributed by atoms with Crippen LogP contribution in [-0.2, 0) is 4.79 Å². The zero-order chi connectivity index (χ0) is 11.3. The molecule has 0 saturated carbocycles. The number of carboxylic acid groups (broad SMARTS) is 1. The highest BCUT2D eigenvalue weighted by molar-refractivity contribution is 5.76. The lowest BCUT2D eigenvalue weighted by atomic mass is 9.99. The van der Waals surface area contributed by atoms with Crippen molar-refractivity contribution in [3.8, 4) is 0 Å². The number of rotatable bonds is 3. The van der Waals surface area contributed by atoms with Gasteiger partial charge in [-0.2, -0.15) is 0 Å². The smallest absolute Gasteiger partial charge is 0.317 e. The average molecular weight is 212 g/mol. The number of carbonyl (C=O) groups excluding carboxylic acids is 1. The first kappa shape index (κ1) is 11.6. The molecule has 2 amide bonds. The SMILES string of the molecule is C=CCNC(=O)N1CCC[C@H](C(=O)O)C1. The molecule has 84 valence electrons. The fraction of sp³-hybridized carbons (Fsp3) is 0.600. The van der Waals surface area contributed by atoms with E-state index in [0.717, 1.165) is 6.42 Å². The number of nitrogens with zero attached hydrogens (tertiary/aromatic N) is 1. The molecule has 0 spiro atoms. The Hall–Kier alpha value is -1.52. The molecule has 1 saturated heterocycles. The number of piperidine rings is 1.